The van der Waals surface area contributed by atoms with Crippen LogP contribution in [0, 0.1) is 0 Å². The largest absolute Gasteiger partial charge is 0.386 e. The lowest BCUT2D eigenvalue weighted by Crippen LogP contribution is -2.18. The van der Waals surface area contributed by atoms with Gasteiger partial charge in [-0.2, -0.15) is 0 Å². The Kier molecular flexibility index (Phi) is 3.02. The molecule has 2 aromatic rings. The summed E-state index contributed by atoms with van der Waals surface area (Å²) >= 11 is 0. The number of benzene rings is 2. The summed E-state index contributed by atoms with van der Waals surface area (Å²) in [7, 11) is 0. The quantitative estimate of drug-likeness (QED) is 0.851. The molecular formula is C14H14O2. The highest BCUT2D eigenvalue weighted by molar-refractivity contribution is 5.92. The molecule has 1 atom stereocenters. The molecule has 1 unspecified atom stereocenters. The van der Waals surface area contributed by atoms with Crippen LogP contribution in [0.1, 0.15) is 12.5 Å². The monoisotopic (exact) mass is 214 g/mol. The fraction of sp³-hybridized carbons (Fsp3) is 0.214. The smallest absolute Gasteiger partial charge is 0.165 e. The van der Waals surface area contributed by atoms with E-state index in [-0.39, 0.29) is 5.78 Å². The van der Waals surface area contributed by atoms with E-state index in [0.717, 1.165) is 16.3 Å². The molecule has 0 saturated heterocycles. The van der Waals surface area contributed by atoms with Gasteiger partial charge in [-0.05, 0) is 23.3 Å². The second kappa shape index (κ2) is 4.45. The molecule has 0 heterocycles. The third-order valence-electron chi connectivity index (χ3n) is 2.71. The van der Waals surface area contributed by atoms with Crippen molar-refractivity contribution in [2.75, 3.05) is 0 Å². The van der Waals surface area contributed by atoms with Crippen molar-refractivity contribution in [2.45, 2.75) is 19.4 Å². The minimum atomic E-state index is -0.890. The van der Waals surface area contributed by atoms with Crippen LogP contribution in [0.15, 0.2) is 42.5 Å². The average molecular weight is 214 g/mol. The number of Topliss-reactive ketones (excluding diaryl/α,β-unsaturated/α-hetero) is 1. The highest BCUT2D eigenvalue weighted by atomic mass is 16.3. The minimum absolute atomic E-state index is 0.142. The number of aliphatic hydroxyl groups excluding tert-OH is 1. The Morgan fingerprint density at radius 3 is 2.62 bits per heavy atom. The zero-order valence-corrected chi connectivity index (χ0v) is 9.18. The fourth-order valence-electron chi connectivity index (χ4n) is 1.78. The van der Waals surface area contributed by atoms with Gasteiger partial charge in [0.15, 0.2) is 5.78 Å². The molecule has 0 amide bonds. The number of rotatable bonds is 3. The number of aliphatic hydroxyl groups is 1. The summed E-state index contributed by atoms with van der Waals surface area (Å²) in [5, 5.41) is 11.4. The fourth-order valence-corrected chi connectivity index (χ4v) is 1.78. The van der Waals surface area contributed by atoms with Gasteiger partial charge in [0.1, 0.15) is 6.10 Å². The normalized spacial score (nSPS) is 12.6. The minimum Gasteiger partial charge on any atom is -0.386 e. The first-order chi connectivity index (χ1) is 7.68. The van der Waals surface area contributed by atoms with Gasteiger partial charge >= 0.3 is 0 Å². The lowest BCUT2D eigenvalue weighted by molar-refractivity contribution is -0.125. The van der Waals surface area contributed by atoms with Crippen molar-refractivity contribution in [1.82, 2.24) is 0 Å². The summed E-state index contributed by atoms with van der Waals surface area (Å²) in [6.45, 7) is 1.51. The molecule has 2 heteroatoms. The van der Waals surface area contributed by atoms with E-state index >= 15 is 0 Å². The maximum Gasteiger partial charge on any atom is 0.165 e. The third-order valence-corrected chi connectivity index (χ3v) is 2.71. The Morgan fingerprint density at radius 1 is 1.19 bits per heavy atom. The van der Waals surface area contributed by atoms with Gasteiger partial charge in [-0.1, -0.05) is 42.5 Å². The van der Waals surface area contributed by atoms with Crippen molar-refractivity contribution in [3.8, 4) is 0 Å². The van der Waals surface area contributed by atoms with Crippen molar-refractivity contribution < 1.29 is 9.90 Å². The molecule has 0 aliphatic heterocycles. The second-order valence-corrected chi connectivity index (χ2v) is 3.96. The van der Waals surface area contributed by atoms with Crippen molar-refractivity contribution in [3.63, 3.8) is 0 Å². The van der Waals surface area contributed by atoms with Crippen LogP contribution in [-0.2, 0) is 11.2 Å². The molecule has 16 heavy (non-hydrogen) atoms. The molecule has 0 aliphatic carbocycles. The van der Waals surface area contributed by atoms with Crippen molar-refractivity contribution in [1.29, 1.82) is 0 Å². The molecule has 0 fully saturated rings. The first-order valence-corrected chi connectivity index (χ1v) is 5.36. The number of hydrogen-bond donors (Lipinski definition) is 1. The van der Waals surface area contributed by atoms with E-state index in [1.54, 1.807) is 0 Å². The van der Waals surface area contributed by atoms with Gasteiger partial charge in [0, 0.05) is 6.42 Å². The summed E-state index contributed by atoms with van der Waals surface area (Å²) in [5.74, 6) is -0.142. The van der Waals surface area contributed by atoms with Gasteiger partial charge in [0.2, 0.25) is 0 Å². The second-order valence-electron chi connectivity index (χ2n) is 3.96. The van der Waals surface area contributed by atoms with Gasteiger partial charge in [-0.3, -0.25) is 4.79 Å². The van der Waals surface area contributed by atoms with Gasteiger partial charge < -0.3 is 5.11 Å². The summed E-state index contributed by atoms with van der Waals surface area (Å²) in [4.78, 5) is 11.5. The van der Waals surface area contributed by atoms with Crippen LogP contribution in [0.4, 0.5) is 0 Å². The van der Waals surface area contributed by atoms with Gasteiger partial charge in [-0.15, -0.1) is 0 Å². The molecule has 2 aromatic carbocycles. The molecule has 0 saturated carbocycles. The van der Waals surface area contributed by atoms with Crippen LogP contribution in [0.5, 0.6) is 0 Å². The average Bonchev–Trinajstić information content (AvgIpc) is 2.29. The van der Waals surface area contributed by atoms with Crippen LogP contribution in [0.2, 0.25) is 0 Å². The van der Waals surface area contributed by atoms with Crippen molar-refractivity contribution in [3.05, 3.63) is 48.0 Å². The van der Waals surface area contributed by atoms with E-state index in [1.165, 1.54) is 6.92 Å². The molecule has 2 nitrogen and oxygen atoms in total. The summed E-state index contributed by atoms with van der Waals surface area (Å²) in [6.07, 6.45) is -0.599. The van der Waals surface area contributed by atoms with Crippen LogP contribution >= 0.6 is 0 Å². The summed E-state index contributed by atoms with van der Waals surface area (Å²) in [5.41, 5.74) is 0.976. The summed E-state index contributed by atoms with van der Waals surface area (Å²) < 4.78 is 0. The van der Waals surface area contributed by atoms with Gasteiger partial charge in [0.05, 0.1) is 0 Å². The number of carbonyl (C=O) groups excluding carboxylic acids is 1. The van der Waals surface area contributed by atoms with E-state index in [0.29, 0.717) is 6.42 Å². The van der Waals surface area contributed by atoms with Crippen LogP contribution in [-0.4, -0.2) is 17.0 Å². The van der Waals surface area contributed by atoms with Crippen LogP contribution in [0.3, 0.4) is 0 Å². The SMILES string of the molecule is CC(O)C(=O)Cc1cccc2ccccc12. The highest BCUT2D eigenvalue weighted by Crippen LogP contribution is 2.19. The predicted molar refractivity (Wildman–Crippen MR) is 64.3 cm³/mol. The predicted octanol–water partition coefficient (Wildman–Crippen LogP) is 2.33. The van der Waals surface area contributed by atoms with E-state index in [2.05, 4.69) is 0 Å². The Hall–Kier alpha value is -1.67. The molecule has 1 N–H and O–H groups in total. The Labute approximate surface area is 94.5 Å². The zero-order chi connectivity index (χ0) is 11.5. The Balaban J connectivity index is 2.41. The zero-order valence-electron chi connectivity index (χ0n) is 9.18. The first kappa shape index (κ1) is 10.8. The lowest BCUT2D eigenvalue weighted by Gasteiger charge is -2.07. The molecule has 2 rings (SSSR count). The topological polar surface area (TPSA) is 37.3 Å². The Morgan fingerprint density at radius 2 is 1.88 bits per heavy atom. The van der Waals surface area contributed by atoms with Crippen LogP contribution < -0.4 is 0 Å². The lowest BCUT2D eigenvalue weighted by atomic mass is 9.99. The number of ketones is 1. The Bertz CT molecular complexity index is 510. The van der Waals surface area contributed by atoms with E-state index in [9.17, 15) is 9.90 Å². The maximum absolute atomic E-state index is 11.5. The first-order valence-electron chi connectivity index (χ1n) is 5.36. The molecular weight excluding hydrogens is 200 g/mol. The molecule has 0 aliphatic rings. The van der Waals surface area contributed by atoms with Gasteiger partial charge in [0.25, 0.3) is 0 Å². The molecule has 82 valence electrons. The number of fused-ring (bicyclic) bond motifs is 1. The van der Waals surface area contributed by atoms with Crippen molar-refractivity contribution in [2.24, 2.45) is 0 Å². The number of carbonyl (C=O) groups is 1. The third kappa shape index (κ3) is 2.12. The standard InChI is InChI=1S/C14H14O2/c1-10(15)14(16)9-12-7-4-6-11-5-2-3-8-13(11)12/h2-8,10,15H,9H2,1H3. The number of hydrogen-bond acceptors (Lipinski definition) is 2. The van der Waals surface area contributed by atoms with Gasteiger partial charge in [-0.25, -0.2) is 0 Å². The van der Waals surface area contributed by atoms with E-state index < -0.39 is 6.10 Å². The molecule has 0 spiro atoms. The van der Waals surface area contributed by atoms with E-state index in [1.807, 2.05) is 42.5 Å². The molecule has 0 aromatic heterocycles. The highest BCUT2D eigenvalue weighted by Gasteiger charge is 2.11. The van der Waals surface area contributed by atoms with Crippen molar-refractivity contribution >= 4 is 16.6 Å². The molecule has 0 bridgehead atoms. The molecule has 0 radical (unpaired) electrons. The maximum atomic E-state index is 11.5. The summed E-state index contributed by atoms with van der Waals surface area (Å²) in [6, 6.07) is 13.8. The van der Waals surface area contributed by atoms with E-state index in [4.69, 9.17) is 0 Å². The van der Waals surface area contributed by atoms with Crippen LogP contribution in [0.25, 0.3) is 10.8 Å².